The summed E-state index contributed by atoms with van der Waals surface area (Å²) in [4.78, 5) is 23.2. The molecule has 0 saturated heterocycles. The molecule has 0 unspecified atom stereocenters. The zero-order valence-electron chi connectivity index (χ0n) is 17.7. The minimum atomic E-state index is -0.276. The fraction of sp³-hybridized carbons (Fsp3) is 0.227. The number of carbonyl (C=O) groups is 1. The van der Waals surface area contributed by atoms with Crippen LogP contribution in [0.4, 0.5) is 28.8 Å². The molecule has 0 spiro atoms. The van der Waals surface area contributed by atoms with Crippen LogP contribution < -0.4 is 26.2 Å². The van der Waals surface area contributed by atoms with Crippen LogP contribution in [-0.2, 0) is 6.54 Å². The summed E-state index contributed by atoms with van der Waals surface area (Å²) in [5.74, 6) is 0.417. The molecule has 0 bridgehead atoms. The number of fused-ring (bicyclic) bond motifs is 1. The summed E-state index contributed by atoms with van der Waals surface area (Å²) in [7, 11) is 3.63. The SMILES string of the molecule is CNC(=O)c1cccc(Cl)c1Nc1nc(Nc2ccc3c(c2)N(C)CCNC3)ncc1Cl. The smallest absolute Gasteiger partial charge is 0.253 e. The second kappa shape index (κ2) is 9.60. The number of carbonyl (C=O) groups excluding carboxylic acids is 1. The summed E-state index contributed by atoms with van der Waals surface area (Å²) in [5, 5.41) is 13.0. The number of hydrogen-bond acceptors (Lipinski definition) is 7. The van der Waals surface area contributed by atoms with Crippen molar-refractivity contribution in [1.29, 1.82) is 0 Å². The summed E-state index contributed by atoms with van der Waals surface area (Å²) in [5.41, 5.74) is 4.04. The lowest BCUT2D eigenvalue weighted by molar-refractivity contribution is 0.0964. The Bertz CT molecular complexity index is 1160. The zero-order valence-corrected chi connectivity index (χ0v) is 19.2. The maximum absolute atomic E-state index is 12.2. The van der Waals surface area contributed by atoms with Crippen molar-refractivity contribution in [2.45, 2.75) is 6.54 Å². The number of nitrogens with one attached hydrogen (secondary N) is 4. The monoisotopic (exact) mass is 471 g/mol. The normalized spacial score (nSPS) is 13.2. The molecule has 1 aromatic heterocycles. The summed E-state index contributed by atoms with van der Waals surface area (Å²) < 4.78 is 0. The van der Waals surface area contributed by atoms with Crippen molar-refractivity contribution >= 4 is 57.9 Å². The van der Waals surface area contributed by atoms with Gasteiger partial charge in [-0.1, -0.05) is 35.3 Å². The van der Waals surface area contributed by atoms with E-state index in [9.17, 15) is 4.79 Å². The van der Waals surface area contributed by atoms with Gasteiger partial charge in [0.2, 0.25) is 5.95 Å². The number of likely N-dealkylation sites (N-methyl/N-ethyl adjacent to an activating group) is 1. The topological polar surface area (TPSA) is 94.2 Å². The minimum absolute atomic E-state index is 0.276. The maximum atomic E-state index is 12.2. The lowest BCUT2D eigenvalue weighted by atomic mass is 10.1. The van der Waals surface area contributed by atoms with Gasteiger partial charge in [0.1, 0.15) is 5.02 Å². The molecule has 4 rings (SSSR count). The van der Waals surface area contributed by atoms with Gasteiger partial charge >= 0.3 is 0 Å². The first-order chi connectivity index (χ1) is 15.5. The van der Waals surface area contributed by atoms with E-state index in [2.05, 4.69) is 55.3 Å². The van der Waals surface area contributed by atoms with Crippen LogP contribution in [0.5, 0.6) is 0 Å². The first-order valence-corrected chi connectivity index (χ1v) is 10.8. The molecule has 0 saturated carbocycles. The molecule has 0 radical (unpaired) electrons. The predicted molar refractivity (Wildman–Crippen MR) is 130 cm³/mol. The Hall–Kier alpha value is -3.07. The Morgan fingerprint density at radius 3 is 2.81 bits per heavy atom. The molecule has 166 valence electrons. The highest BCUT2D eigenvalue weighted by atomic mass is 35.5. The van der Waals surface area contributed by atoms with Crippen molar-refractivity contribution in [3.63, 3.8) is 0 Å². The van der Waals surface area contributed by atoms with Crippen LogP contribution in [0.25, 0.3) is 0 Å². The van der Waals surface area contributed by atoms with Crippen LogP contribution in [0.2, 0.25) is 10.0 Å². The van der Waals surface area contributed by atoms with Gasteiger partial charge in [0, 0.05) is 45.1 Å². The summed E-state index contributed by atoms with van der Waals surface area (Å²) in [6.07, 6.45) is 1.50. The average Bonchev–Trinajstić information content (AvgIpc) is 2.98. The third-order valence-corrected chi connectivity index (χ3v) is 5.76. The van der Waals surface area contributed by atoms with Crippen LogP contribution in [0.3, 0.4) is 0 Å². The molecule has 1 aliphatic rings. The summed E-state index contributed by atoms with van der Waals surface area (Å²) >= 11 is 12.7. The molecule has 1 aliphatic heterocycles. The molecular formula is C22H23Cl2N7O. The van der Waals surface area contributed by atoms with E-state index >= 15 is 0 Å². The Morgan fingerprint density at radius 1 is 1.16 bits per heavy atom. The second-order valence-corrected chi connectivity index (χ2v) is 8.14. The van der Waals surface area contributed by atoms with E-state index in [1.807, 2.05) is 6.07 Å². The first kappa shape index (κ1) is 22.1. The Labute approximate surface area is 196 Å². The largest absolute Gasteiger partial charge is 0.373 e. The standard InChI is InChI=1S/C22H23Cl2N7O/c1-25-21(32)15-4-3-5-16(23)19(15)29-20-17(24)12-27-22(30-20)28-14-7-6-13-11-26-8-9-31(2)18(13)10-14/h3-7,10,12,26H,8-9,11H2,1-2H3,(H,25,32)(H2,27,28,29,30). The Morgan fingerprint density at radius 2 is 2.00 bits per heavy atom. The fourth-order valence-corrected chi connectivity index (χ4v) is 3.83. The molecular weight excluding hydrogens is 449 g/mol. The Balaban J connectivity index is 1.62. The molecule has 4 N–H and O–H groups in total. The molecule has 8 nitrogen and oxygen atoms in total. The number of benzene rings is 2. The molecule has 0 fully saturated rings. The van der Waals surface area contributed by atoms with Crippen LogP contribution in [0.15, 0.2) is 42.6 Å². The zero-order chi connectivity index (χ0) is 22.7. The number of nitrogens with zero attached hydrogens (tertiary/aromatic N) is 3. The highest BCUT2D eigenvalue weighted by Gasteiger charge is 2.17. The van der Waals surface area contributed by atoms with E-state index < -0.39 is 0 Å². The van der Waals surface area contributed by atoms with E-state index in [0.29, 0.717) is 33.1 Å². The molecule has 2 aromatic carbocycles. The van der Waals surface area contributed by atoms with Gasteiger partial charge in [0.05, 0.1) is 22.5 Å². The predicted octanol–water partition coefficient (Wildman–Crippen LogP) is 4.17. The van der Waals surface area contributed by atoms with E-state index in [1.165, 1.54) is 11.8 Å². The highest BCUT2D eigenvalue weighted by molar-refractivity contribution is 6.35. The van der Waals surface area contributed by atoms with Crippen LogP contribution in [0.1, 0.15) is 15.9 Å². The van der Waals surface area contributed by atoms with Gasteiger partial charge in [-0.15, -0.1) is 0 Å². The van der Waals surface area contributed by atoms with Gasteiger partial charge in [-0.05, 0) is 29.8 Å². The first-order valence-electron chi connectivity index (χ1n) is 10.1. The minimum Gasteiger partial charge on any atom is -0.373 e. The van der Waals surface area contributed by atoms with Gasteiger partial charge in [-0.25, -0.2) is 4.98 Å². The second-order valence-electron chi connectivity index (χ2n) is 7.32. The van der Waals surface area contributed by atoms with Crippen molar-refractivity contribution in [2.24, 2.45) is 0 Å². The van der Waals surface area contributed by atoms with Crippen molar-refractivity contribution < 1.29 is 4.79 Å². The number of amides is 1. The number of halogens is 2. The van der Waals surface area contributed by atoms with E-state index in [0.717, 1.165) is 31.0 Å². The number of rotatable bonds is 5. The quantitative estimate of drug-likeness (QED) is 0.443. The molecule has 10 heteroatoms. The van der Waals surface area contributed by atoms with Gasteiger partial charge in [0.25, 0.3) is 5.91 Å². The van der Waals surface area contributed by atoms with Crippen molar-refractivity contribution in [2.75, 3.05) is 42.7 Å². The van der Waals surface area contributed by atoms with Crippen molar-refractivity contribution in [1.82, 2.24) is 20.6 Å². The Kier molecular flexibility index (Phi) is 6.64. The number of hydrogen-bond donors (Lipinski definition) is 4. The van der Waals surface area contributed by atoms with E-state index in [1.54, 1.807) is 25.2 Å². The van der Waals surface area contributed by atoms with E-state index in [-0.39, 0.29) is 5.91 Å². The molecule has 32 heavy (non-hydrogen) atoms. The third kappa shape index (κ3) is 4.72. The fourth-order valence-electron chi connectivity index (χ4n) is 3.47. The van der Waals surface area contributed by atoms with Crippen LogP contribution in [-0.4, -0.2) is 43.1 Å². The number of anilines is 5. The average molecular weight is 472 g/mol. The van der Waals surface area contributed by atoms with Gasteiger partial charge in [-0.3, -0.25) is 4.79 Å². The summed E-state index contributed by atoms with van der Waals surface area (Å²) in [6, 6.07) is 11.2. The van der Waals surface area contributed by atoms with Crippen LogP contribution in [0, 0.1) is 0 Å². The van der Waals surface area contributed by atoms with Crippen molar-refractivity contribution in [3.05, 3.63) is 63.8 Å². The van der Waals surface area contributed by atoms with Gasteiger partial charge in [-0.2, -0.15) is 4.98 Å². The van der Waals surface area contributed by atoms with Crippen LogP contribution >= 0.6 is 23.2 Å². The molecule has 3 aromatic rings. The molecule has 2 heterocycles. The number of aromatic nitrogens is 2. The van der Waals surface area contributed by atoms with Crippen molar-refractivity contribution in [3.8, 4) is 0 Å². The van der Waals surface area contributed by atoms with E-state index in [4.69, 9.17) is 23.2 Å². The lowest BCUT2D eigenvalue weighted by Gasteiger charge is -2.20. The molecule has 0 atom stereocenters. The molecule has 1 amide bonds. The molecule has 0 aliphatic carbocycles. The highest BCUT2D eigenvalue weighted by Crippen LogP contribution is 2.32. The van der Waals surface area contributed by atoms with Gasteiger partial charge < -0.3 is 26.2 Å². The maximum Gasteiger partial charge on any atom is 0.253 e. The summed E-state index contributed by atoms with van der Waals surface area (Å²) in [6.45, 7) is 2.69. The third-order valence-electron chi connectivity index (χ3n) is 5.16. The van der Waals surface area contributed by atoms with Gasteiger partial charge in [0.15, 0.2) is 5.82 Å². The number of para-hydroxylation sites is 1. The lowest BCUT2D eigenvalue weighted by Crippen LogP contribution is -2.24.